The lowest BCUT2D eigenvalue weighted by Gasteiger charge is -2.38. The molecule has 4 heteroatoms. The normalized spacial score (nSPS) is 27.0. The molecule has 96 valence electrons. The van der Waals surface area contributed by atoms with Crippen LogP contribution >= 0.6 is 0 Å². The topological polar surface area (TPSA) is 44.7 Å². The Morgan fingerprint density at radius 3 is 2.81 bits per heavy atom. The van der Waals surface area contributed by atoms with E-state index in [1.165, 1.54) is 0 Å². The summed E-state index contributed by atoms with van der Waals surface area (Å²) in [5.74, 6) is 0.276. The zero-order valence-corrected chi connectivity index (χ0v) is 11.0. The van der Waals surface area contributed by atoms with E-state index in [0.717, 1.165) is 32.8 Å². The maximum atomic E-state index is 10.3. The molecule has 0 radical (unpaired) electrons. The van der Waals surface area contributed by atoms with Crippen LogP contribution in [-0.2, 0) is 4.74 Å². The van der Waals surface area contributed by atoms with Crippen LogP contribution in [0.2, 0.25) is 0 Å². The van der Waals surface area contributed by atoms with Crippen LogP contribution in [0.3, 0.4) is 0 Å². The summed E-state index contributed by atoms with van der Waals surface area (Å²) in [5.41, 5.74) is -0.610. The number of rotatable bonds is 5. The Morgan fingerprint density at radius 1 is 1.56 bits per heavy atom. The van der Waals surface area contributed by atoms with Crippen LogP contribution in [0.25, 0.3) is 0 Å². The second kappa shape index (κ2) is 5.96. The van der Waals surface area contributed by atoms with E-state index in [1.807, 2.05) is 14.0 Å². The lowest BCUT2D eigenvalue weighted by molar-refractivity contribution is -0.0712. The molecule has 1 aliphatic rings. The van der Waals surface area contributed by atoms with Gasteiger partial charge in [0.15, 0.2) is 0 Å². The molecule has 0 bridgehead atoms. The number of hydrogen-bond donors (Lipinski definition) is 2. The van der Waals surface area contributed by atoms with Crippen molar-refractivity contribution < 1.29 is 9.84 Å². The molecular formula is C12H26N2O2. The van der Waals surface area contributed by atoms with Crippen LogP contribution in [0.4, 0.5) is 0 Å². The van der Waals surface area contributed by atoms with E-state index in [2.05, 4.69) is 24.1 Å². The second-order valence-corrected chi connectivity index (χ2v) is 5.30. The van der Waals surface area contributed by atoms with E-state index < -0.39 is 5.60 Å². The van der Waals surface area contributed by atoms with E-state index in [1.54, 1.807) is 0 Å². The molecule has 16 heavy (non-hydrogen) atoms. The van der Waals surface area contributed by atoms with Crippen molar-refractivity contribution in [2.24, 2.45) is 5.92 Å². The number of β-amino-alcohol motifs (C(OH)–C–C–N with tert-alkyl or cyclic N) is 1. The minimum absolute atomic E-state index is 0.252. The van der Waals surface area contributed by atoms with Gasteiger partial charge in [0, 0.05) is 26.2 Å². The predicted molar refractivity (Wildman–Crippen MR) is 65.6 cm³/mol. The fourth-order valence-corrected chi connectivity index (χ4v) is 1.91. The quantitative estimate of drug-likeness (QED) is 0.714. The lowest BCUT2D eigenvalue weighted by Crippen LogP contribution is -2.52. The highest BCUT2D eigenvalue weighted by Gasteiger charge is 2.30. The molecule has 1 rings (SSSR count). The Kier molecular flexibility index (Phi) is 5.18. The third-order valence-electron chi connectivity index (χ3n) is 3.44. The van der Waals surface area contributed by atoms with Gasteiger partial charge in [-0.2, -0.15) is 0 Å². The molecular weight excluding hydrogens is 204 g/mol. The smallest absolute Gasteiger partial charge is 0.0826 e. The zero-order valence-electron chi connectivity index (χ0n) is 11.0. The summed E-state index contributed by atoms with van der Waals surface area (Å²) in [5, 5.41) is 13.4. The Labute approximate surface area is 99.0 Å². The van der Waals surface area contributed by atoms with Gasteiger partial charge in [0.2, 0.25) is 0 Å². The summed E-state index contributed by atoms with van der Waals surface area (Å²) >= 11 is 0. The first kappa shape index (κ1) is 13.9. The van der Waals surface area contributed by atoms with Gasteiger partial charge in [0.1, 0.15) is 0 Å². The number of nitrogens with zero attached hydrogens (tertiary/aromatic N) is 1. The largest absolute Gasteiger partial charge is 0.389 e. The molecule has 0 aliphatic carbocycles. The highest BCUT2D eigenvalue weighted by Crippen LogP contribution is 2.19. The summed E-state index contributed by atoms with van der Waals surface area (Å²) in [7, 11) is 1.94. The van der Waals surface area contributed by atoms with Gasteiger partial charge in [-0.15, -0.1) is 0 Å². The third kappa shape index (κ3) is 4.01. The Bertz CT molecular complexity index is 205. The summed E-state index contributed by atoms with van der Waals surface area (Å²) in [6.07, 6.45) is 0.252. The van der Waals surface area contributed by atoms with Gasteiger partial charge in [-0.05, 0) is 19.9 Å². The van der Waals surface area contributed by atoms with Crippen LogP contribution in [0.1, 0.15) is 20.8 Å². The molecule has 4 nitrogen and oxygen atoms in total. The minimum atomic E-state index is -0.610. The second-order valence-electron chi connectivity index (χ2n) is 5.30. The number of morpholine rings is 1. The molecule has 0 aromatic heterocycles. The maximum absolute atomic E-state index is 10.3. The van der Waals surface area contributed by atoms with Crippen LogP contribution < -0.4 is 5.32 Å². The molecule has 1 heterocycles. The van der Waals surface area contributed by atoms with Crippen molar-refractivity contribution in [3.05, 3.63) is 0 Å². The van der Waals surface area contributed by atoms with Crippen molar-refractivity contribution in [3.63, 3.8) is 0 Å². The van der Waals surface area contributed by atoms with Gasteiger partial charge in [-0.25, -0.2) is 0 Å². The highest BCUT2D eigenvalue weighted by molar-refractivity contribution is 4.83. The van der Waals surface area contributed by atoms with Crippen molar-refractivity contribution >= 4 is 0 Å². The summed E-state index contributed by atoms with van der Waals surface area (Å²) in [6, 6.07) is 0. The van der Waals surface area contributed by atoms with Gasteiger partial charge in [0.25, 0.3) is 0 Å². The summed E-state index contributed by atoms with van der Waals surface area (Å²) < 4.78 is 5.64. The number of likely N-dealkylation sites (N-methyl/N-ethyl adjacent to an activating group) is 1. The van der Waals surface area contributed by atoms with Crippen molar-refractivity contribution in [3.8, 4) is 0 Å². The molecule has 1 fully saturated rings. The van der Waals surface area contributed by atoms with Crippen LogP contribution in [-0.4, -0.2) is 61.5 Å². The maximum Gasteiger partial charge on any atom is 0.0826 e. The van der Waals surface area contributed by atoms with E-state index in [-0.39, 0.29) is 12.0 Å². The molecule has 0 spiro atoms. The lowest BCUT2D eigenvalue weighted by atomic mass is 9.92. The number of nitrogens with one attached hydrogen (secondary N) is 1. The highest BCUT2D eigenvalue weighted by atomic mass is 16.5. The standard InChI is InChI=1S/C12H26N2O2/c1-10(2)12(3,15)9-14-5-6-16-11(8-14)7-13-4/h10-11,13,15H,5-9H2,1-4H3. The first-order valence-electron chi connectivity index (χ1n) is 6.16. The SMILES string of the molecule is CNCC1CN(CC(C)(O)C(C)C)CCO1. The fraction of sp³-hybridized carbons (Fsp3) is 1.00. The zero-order chi connectivity index (χ0) is 12.2. The third-order valence-corrected chi connectivity index (χ3v) is 3.44. The van der Waals surface area contributed by atoms with Crippen molar-refractivity contribution in [1.29, 1.82) is 0 Å². The Balaban J connectivity index is 2.42. The van der Waals surface area contributed by atoms with Crippen molar-refractivity contribution in [1.82, 2.24) is 10.2 Å². The number of hydrogen-bond acceptors (Lipinski definition) is 4. The molecule has 2 atom stereocenters. The minimum Gasteiger partial charge on any atom is -0.389 e. The van der Waals surface area contributed by atoms with Gasteiger partial charge < -0.3 is 15.2 Å². The van der Waals surface area contributed by atoms with E-state index in [4.69, 9.17) is 4.74 Å². The molecule has 2 unspecified atom stereocenters. The first-order valence-corrected chi connectivity index (χ1v) is 6.16. The Hall–Kier alpha value is -0.160. The monoisotopic (exact) mass is 230 g/mol. The van der Waals surface area contributed by atoms with E-state index >= 15 is 0 Å². The fourth-order valence-electron chi connectivity index (χ4n) is 1.91. The van der Waals surface area contributed by atoms with Crippen molar-refractivity contribution in [2.45, 2.75) is 32.5 Å². The molecule has 0 aromatic rings. The van der Waals surface area contributed by atoms with Crippen molar-refractivity contribution in [2.75, 3.05) is 39.8 Å². The predicted octanol–water partition coefficient (Wildman–Crippen LogP) is 0.314. The number of ether oxygens (including phenoxy) is 1. The molecule has 1 aliphatic heterocycles. The van der Waals surface area contributed by atoms with Crippen LogP contribution in [0, 0.1) is 5.92 Å². The van der Waals surface area contributed by atoms with Gasteiger partial charge >= 0.3 is 0 Å². The van der Waals surface area contributed by atoms with Gasteiger partial charge in [-0.1, -0.05) is 13.8 Å². The molecule has 0 amide bonds. The van der Waals surface area contributed by atoms with E-state index in [0.29, 0.717) is 0 Å². The summed E-state index contributed by atoms with van der Waals surface area (Å²) in [4.78, 5) is 2.30. The molecule has 1 saturated heterocycles. The average molecular weight is 230 g/mol. The van der Waals surface area contributed by atoms with Crippen LogP contribution in [0.15, 0.2) is 0 Å². The molecule has 2 N–H and O–H groups in total. The number of aliphatic hydroxyl groups is 1. The van der Waals surface area contributed by atoms with Gasteiger partial charge in [0.05, 0.1) is 18.3 Å². The van der Waals surface area contributed by atoms with Gasteiger partial charge in [-0.3, -0.25) is 4.90 Å². The molecule has 0 aromatic carbocycles. The average Bonchev–Trinajstić information content (AvgIpc) is 2.17. The van der Waals surface area contributed by atoms with E-state index in [9.17, 15) is 5.11 Å². The molecule has 0 saturated carbocycles. The van der Waals surface area contributed by atoms with Crippen LogP contribution in [0.5, 0.6) is 0 Å². The summed E-state index contributed by atoms with van der Waals surface area (Å²) in [6.45, 7) is 10.2. The first-order chi connectivity index (χ1) is 7.45. The Morgan fingerprint density at radius 2 is 2.25 bits per heavy atom.